The van der Waals surface area contributed by atoms with Gasteiger partial charge in [-0.25, -0.2) is 0 Å². The molecule has 100 valence electrons. The van der Waals surface area contributed by atoms with Crippen LogP contribution in [0.2, 0.25) is 0 Å². The molecule has 0 saturated carbocycles. The van der Waals surface area contributed by atoms with E-state index in [0.717, 1.165) is 18.2 Å². The van der Waals surface area contributed by atoms with Crippen molar-refractivity contribution >= 4 is 26.1 Å². The lowest BCUT2D eigenvalue weighted by Crippen LogP contribution is -2.47. The molecule has 1 unspecified atom stereocenters. The van der Waals surface area contributed by atoms with E-state index >= 15 is 0 Å². The molecule has 2 heterocycles. The summed E-state index contributed by atoms with van der Waals surface area (Å²) in [5.41, 5.74) is 0. The Morgan fingerprint density at radius 3 is 2.53 bits per heavy atom. The highest BCUT2D eigenvalue weighted by atomic mass is 79.9. The average molecular weight is 327 g/mol. The van der Waals surface area contributed by atoms with Crippen molar-refractivity contribution in [3.05, 3.63) is 0 Å². The Balaban J connectivity index is 1.96. The third-order valence-corrected chi connectivity index (χ3v) is 5.85. The summed E-state index contributed by atoms with van der Waals surface area (Å²) < 4.78 is 33.0. The van der Waals surface area contributed by atoms with Gasteiger partial charge in [0, 0.05) is 31.5 Å². The van der Waals surface area contributed by atoms with Gasteiger partial charge < -0.3 is 4.74 Å². The third kappa shape index (κ3) is 3.20. The number of ether oxygens (including phenoxy) is 1. The van der Waals surface area contributed by atoms with Gasteiger partial charge in [0.1, 0.15) is 0 Å². The summed E-state index contributed by atoms with van der Waals surface area (Å²) in [7, 11) is -3.24. The second-order valence-electron chi connectivity index (χ2n) is 4.51. The van der Waals surface area contributed by atoms with Gasteiger partial charge in [-0.1, -0.05) is 15.9 Å². The number of hydrogen-bond acceptors (Lipinski definition) is 3. The second-order valence-corrected chi connectivity index (χ2v) is 7.23. The Hall–Kier alpha value is 0.310. The normalized spacial score (nSPS) is 28.6. The maximum atomic E-state index is 12.3. The summed E-state index contributed by atoms with van der Waals surface area (Å²) in [6.07, 6.45) is 2.03. The Labute approximate surface area is 111 Å². The Kier molecular flexibility index (Phi) is 4.82. The van der Waals surface area contributed by atoms with Crippen LogP contribution in [0.4, 0.5) is 0 Å². The number of hydrogen-bond donors (Lipinski definition) is 0. The quantitative estimate of drug-likeness (QED) is 0.713. The fourth-order valence-corrected chi connectivity index (χ4v) is 4.66. The van der Waals surface area contributed by atoms with Gasteiger partial charge in [0.15, 0.2) is 0 Å². The lowest BCUT2D eigenvalue weighted by atomic mass is 10.1. The van der Waals surface area contributed by atoms with E-state index in [9.17, 15) is 8.42 Å². The predicted octanol–water partition coefficient (Wildman–Crippen LogP) is 0.670. The second kappa shape index (κ2) is 5.97. The molecular weight excluding hydrogens is 308 g/mol. The number of rotatable bonds is 4. The van der Waals surface area contributed by atoms with E-state index < -0.39 is 10.2 Å². The van der Waals surface area contributed by atoms with Gasteiger partial charge in [-0.2, -0.15) is 17.0 Å². The fourth-order valence-electron chi connectivity index (χ4n) is 2.34. The Morgan fingerprint density at radius 1 is 1.18 bits per heavy atom. The van der Waals surface area contributed by atoms with Gasteiger partial charge in [0.05, 0.1) is 13.2 Å². The van der Waals surface area contributed by atoms with Gasteiger partial charge in [-0.3, -0.25) is 0 Å². The molecule has 0 radical (unpaired) electrons. The van der Waals surface area contributed by atoms with Crippen molar-refractivity contribution in [3.8, 4) is 0 Å². The molecule has 2 fully saturated rings. The molecule has 7 heteroatoms. The summed E-state index contributed by atoms with van der Waals surface area (Å²) in [5, 5.41) is 0.948. The lowest BCUT2D eigenvalue weighted by Gasteiger charge is -2.30. The van der Waals surface area contributed by atoms with Gasteiger partial charge in [-0.05, 0) is 18.8 Å². The van der Waals surface area contributed by atoms with Crippen molar-refractivity contribution in [1.29, 1.82) is 0 Å². The predicted molar refractivity (Wildman–Crippen MR) is 69.4 cm³/mol. The monoisotopic (exact) mass is 326 g/mol. The van der Waals surface area contributed by atoms with Gasteiger partial charge >= 0.3 is 0 Å². The molecule has 5 nitrogen and oxygen atoms in total. The number of alkyl halides is 1. The summed E-state index contributed by atoms with van der Waals surface area (Å²) >= 11 is 3.41. The van der Waals surface area contributed by atoms with Crippen LogP contribution in [0.3, 0.4) is 0 Å². The number of halogens is 1. The van der Waals surface area contributed by atoms with Crippen LogP contribution in [0.15, 0.2) is 0 Å². The highest BCUT2D eigenvalue weighted by molar-refractivity contribution is 9.09. The molecule has 0 aromatic carbocycles. The van der Waals surface area contributed by atoms with E-state index in [0.29, 0.717) is 45.3 Å². The maximum Gasteiger partial charge on any atom is 0.282 e. The van der Waals surface area contributed by atoms with E-state index in [1.165, 1.54) is 0 Å². The zero-order valence-corrected chi connectivity index (χ0v) is 12.2. The molecule has 2 aliphatic rings. The minimum Gasteiger partial charge on any atom is -0.379 e. The van der Waals surface area contributed by atoms with Crippen molar-refractivity contribution < 1.29 is 13.2 Å². The first kappa shape index (κ1) is 13.7. The maximum absolute atomic E-state index is 12.3. The molecule has 0 amide bonds. The first-order chi connectivity index (χ1) is 8.14. The van der Waals surface area contributed by atoms with Gasteiger partial charge in [0.2, 0.25) is 0 Å². The van der Waals surface area contributed by atoms with E-state index in [4.69, 9.17) is 4.74 Å². The molecule has 0 aliphatic carbocycles. The molecule has 0 aromatic rings. The summed E-state index contributed by atoms with van der Waals surface area (Å²) in [5.74, 6) is 0.505. The highest BCUT2D eigenvalue weighted by Crippen LogP contribution is 2.24. The van der Waals surface area contributed by atoms with Crippen LogP contribution in [0.25, 0.3) is 0 Å². The van der Waals surface area contributed by atoms with Crippen LogP contribution in [-0.4, -0.2) is 61.8 Å². The van der Waals surface area contributed by atoms with Crippen LogP contribution in [0.5, 0.6) is 0 Å². The molecule has 2 saturated heterocycles. The van der Waals surface area contributed by atoms with Crippen molar-refractivity contribution in [2.24, 2.45) is 5.92 Å². The van der Waals surface area contributed by atoms with Gasteiger partial charge in [-0.15, -0.1) is 0 Å². The topological polar surface area (TPSA) is 49.9 Å². The van der Waals surface area contributed by atoms with Crippen LogP contribution < -0.4 is 0 Å². The zero-order chi connectivity index (χ0) is 12.3. The minimum absolute atomic E-state index is 0.488. The summed E-state index contributed by atoms with van der Waals surface area (Å²) in [6, 6.07) is 0. The van der Waals surface area contributed by atoms with Gasteiger partial charge in [0.25, 0.3) is 10.2 Å². The molecule has 0 bridgehead atoms. The third-order valence-electron chi connectivity index (χ3n) is 3.39. The van der Waals surface area contributed by atoms with Crippen molar-refractivity contribution in [3.63, 3.8) is 0 Å². The van der Waals surface area contributed by atoms with Crippen LogP contribution in [0.1, 0.15) is 12.8 Å². The van der Waals surface area contributed by atoms with Crippen molar-refractivity contribution in [2.45, 2.75) is 12.8 Å². The summed E-state index contributed by atoms with van der Waals surface area (Å²) in [6.45, 7) is 3.34. The molecule has 2 rings (SSSR count). The standard InChI is InChI=1S/C10H19BrN2O3S/c11-3-1-10-2-4-13(9-10)17(14,15)12-5-7-16-8-6-12/h10H,1-9H2. The highest BCUT2D eigenvalue weighted by Gasteiger charge is 2.35. The fraction of sp³-hybridized carbons (Fsp3) is 1.00. The van der Waals surface area contributed by atoms with Crippen LogP contribution in [0, 0.1) is 5.92 Å². The molecule has 0 N–H and O–H groups in total. The first-order valence-electron chi connectivity index (χ1n) is 6.03. The van der Waals surface area contributed by atoms with Crippen molar-refractivity contribution in [2.75, 3.05) is 44.7 Å². The first-order valence-corrected chi connectivity index (χ1v) is 8.55. The lowest BCUT2D eigenvalue weighted by molar-refractivity contribution is 0.0705. The molecule has 1 atom stereocenters. The molecule has 17 heavy (non-hydrogen) atoms. The number of nitrogens with zero attached hydrogens (tertiary/aromatic N) is 2. The van der Waals surface area contributed by atoms with E-state index in [-0.39, 0.29) is 0 Å². The Morgan fingerprint density at radius 2 is 1.88 bits per heavy atom. The number of morpholine rings is 1. The minimum atomic E-state index is -3.24. The smallest absolute Gasteiger partial charge is 0.282 e. The molecule has 0 aromatic heterocycles. The van der Waals surface area contributed by atoms with Crippen LogP contribution >= 0.6 is 15.9 Å². The summed E-state index contributed by atoms with van der Waals surface area (Å²) in [4.78, 5) is 0. The molecule has 0 spiro atoms. The Bertz CT molecular complexity index is 343. The molecule has 2 aliphatic heterocycles. The van der Waals surface area contributed by atoms with E-state index in [2.05, 4.69) is 15.9 Å². The van der Waals surface area contributed by atoms with E-state index in [1.807, 2.05) is 0 Å². The van der Waals surface area contributed by atoms with Crippen molar-refractivity contribution in [1.82, 2.24) is 8.61 Å². The van der Waals surface area contributed by atoms with E-state index in [1.54, 1.807) is 8.61 Å². The zero-order valence-electron chi connectivity index (χ0n) is 9.85. The van der Waals surface area contributed by atoms with Crippen LogP contribution in [-0.2, 0) is 14.9 Å². The average Bonchev–Trinajstić information content (AvgIpc) is 2.80. The largest absolute Gasteiger partial charge is 0.379 e. The molecular formula is C10H19BrN2O3S. The SMILES string of the molecule is O=S(=O)(N1CCOCC1)N1CCC(CCBr)C1.